The van der Waals surface area contributed by atoms with E-state index in [1.165, 1.54) is 7.11 Å². The highest BCUT2D eigenvalue weighted by atomic mass is 16.5. The van der Waals surface area contributed by atoms with Crippen molar-refractivity contribution in [3.8, 4) is 0 Å². The van der Waals surface area contributed by atoms with E-state index in [0.717, 1.165) is 0 Å². The smallest absolute Gasteiger partial charge is 0.339 e. The van der Waals surface area contributed by atoms with Crippen LogP contribution in [0.1, 0.15) is 16.1 Å². The van der Waals surface area contributed by atoms with E-state index >= 15 is 0 Å². The third-order valence-corrected chi connectivity index (χ3v) is 1.68. The minimum atomic E-state index is -0.364. The van der Waals surface area contributed by atoms with Gasteiger partial charge in [-0.05, 0) is 18.7 Å². The number of ether oxygens (including phenoxy) is 1. The van der Waals surface area contributed by atoms with Gasteiger partial charge in [-0.15, -0.1) is 0 Å². The van der Waals surface area contributed by atoms with Crippen molar-refractivity contribution in [2.45, 2.75) is 6.42 Å². The lowest BCUT2D eigenvalue weighted by Gasteiger charge is -2.04. The first-order valence-electron chi connectivity index (χ1n) is 4.02. The zero-order valence-corrected chi connectivity index (χ0v) is 7.49. The lowest BCUT2D eigenvalue weighted by molar-refractivity contribution is 0.0599. The summed E-state index contributed by atoms with van der Waals surface area (Å²) in [5.41, 5.74) is 6.57. The van der Waals surface area contributed by atoms with E-state index in [9.17, 15) is 4.79 Å². The van der Waals surface area contributed by atoms with Gasteiger partial charge in [-0.3, -0.25) is 4.98 Å². The minimum absolute atomic E-state index is 0.364. The van der Waals surface area contributed by atoms with Crippen LogP contribution in [-0.2, 0) is 11.2 Å². The minimum Gasteiger partial charge on any atom is -0.465 e. The Bertz CT molecular complexity index is 299. The molecule has 1 aromatic rings. The predicted octanol–water partition coefficient (Wildman–Crippen LogP) is 0.369. The Labute approximate surface area is 76.7 Å². The summed E-state index contributed by atoms with van der Waals surface area (Å²) in [6.07, 6.45) is 2.22. The number of nitrogens with two attached hydrogens (primary N) is 1. The van der Waals surface area contributed by atoms with Crippen molar-refractivity contribution >= 4 is 5.97 Å². The fraction of sp³-hybridized carbons (Fsp3) is 0.333. The first kappa shape index (κ1) is 9.67. The number of pyridine rings is 1. The molecule has 0 unspecified atom stereocenters. The molecule has 13 heavy (non-hydrogen) atoms. The van der Waals surface area contributed by atoms with Crippen LogP contribution >= 0.6 is 0 Å². The average Bonchev–Trinajstić information content (AvgIpc) is 2.18. The second-order valence-electron chi connectivity index (χ2n) is 2.53. The second-order valence-corrected chi connectivity index (χ2v) is 2.53. The molecule has 0 saturated heterocycles. The first-order chi connectivity index (χ1) is 6.29. The van der Waals surface area contributed by atoms with Gasteiger partial charge in [0.2, 0.25) is 0 Å². The number of esters is 1. The maximum atomic E-state index is 11.2. The van der Waals surface area contributed by atoms with E-state index < -0.39 is 0 Å². The molecule has 0 atom stereocenters. The van der Waals surface area contributed by atoms with Gasteiger partial charge in [-0.25, -0.2) is 4.79 Å². The van der Waals surface area contributed by atoms with Crippen molar-refractivity contribution in [3.63, 3.8) is 0 Å². The first-order valence-corrected chi connectivity index (χ1v) is 4.02. The fourth-order valence-corrected chi connectivity index (χ4v) is 1.07. The summed E-state index contributed by atoms with van der Waals surface area (Å²) < 4.78 is 4.60. The Hall–Kier alpha value is -1.42. The summed E-state index contributed by atoms with van der Waals surface area (Å²) >= 11 is 0. The summed E-state index contributed by atoms with van der Waals surface area (Å²) in [6, 6.07) is 3.39. The van der Waals surface area contributed by atoms with E-state index in [0.29, 0.717) is 24.2 Å². The number of carbonyl (C=O) groups is 1. The van der Waals surface area contributed by atoms with Crippen molar-refractivity contribution in [1.29, 1.82) is 0 Å². The third kappa shape index (κ3) is 2.26. The Morgan fingerprint density at radius 1 is 1.69 bits per heavy atom. The van der Waals surface area contributed by atoms with Gasteiger partial charge in [-0.1, -0.05) is 0 Å². The van der Waals surface area contributed by atoms with Crippen molar-refractivity contribution in [1.82, 2.24) is 4.98 Å². The fourth-order valence-electron chi connectivity index (χ4n) is 1.07. The standard InChI is InChI=1S/C9H12N2O2/c1-13-9(12)7-3-2-6-11-8(7)4-5-10/h2-3,6H,4-5,10H2,1H3. The molecule has 0 saturated carbocycles. The van der Waals surface area contributed by atoms with Crippen LogP contribution in [0, 0.1) is 0 Å². The number of hydrogen-bond donors (Lipinski definition) is 1. The summed E-state index contributed by atoms with van der Waals surface area (Å²) in [6.45, 7) is 0.473. The van der Waals surface area contributed by atoms with Gasteiger partial charge in [0.05, 0.1) is 18.4 Å². The zero-order valence-electron chi connectivity index (χ0n) is 7.49. The summed E-state index contributed by atoms with van der Waals surface area (Å²) in [5.74, 6) is -0.364. The highest BCUT2D eigenvalue weighted by Gasteiger charge is 2.10. The number of nitrogens with zero attached hydrogens (tertiary/aromatic N) is 1. The molecule has 0 amide bonds. The van der Waals surface area contributed by atoms with Crippen LogP contribution in [-0.4, -0.2) is 24.6 Å². The molecule has 0 spiro atoms. The molecule has 1 heterocycles. The maximum Gasteiger partial charge on any atom is 0.339 e. The molecule has 1 rings (SSSR count). The van der Waals surface area contributed by atoms with Crippen LogP contribution in [0.15, 0.2) is 18.3 Å². The Kier molecular flexibility index (Phi) is 3.40. The van der Waals surface area contributed by atoms with Crippen LogP contribution in [0.3, 0.4) is 0 Å². The summed E-state index contributed by atoms with van der Waals surface area (Å²) in [7, 11) is 1.35. The Balaban J connectivity index is 2.97. The third-order valence-electron chi connectivity index (χ3n) is 1.68. The van der Waals surface area contributed by atoms with Crippen LogP contribution < -0.4 is 5.73 Å². The highest BCUT2D eigenvalue weighted by Crippen LogP contribution is 2.06. The van der Waals surface area contributed by atoms with Gasteiger partial charge in [0.1, 0.15) is 0 Å². The monoisotopic (exact) mass is 180 g/mol. The van der Waals surface area contributed by atoms with Crippen LogP contribution in [0.2, 0.25) is 0 Å². The molecular weight excluding hydrogens is 168 g/mol. The normalized spacial score (nSPS) is 9.69. The van der Waals surface area contributed by atoms with Crippen LogP contribution in [0.5, 0.6) is 0 Å². The molecule has 0 fully saturated rings. The van der Waals surface area contributed by atoms with Gasteiger partial charge in [0.15, 0.2) is 0 Å². The summed E-state index contributed by atoms with van der Waals surface area (Å²) in [4.78, 5) is 15.3. The number of carbonyl (C=O) groups excluding carboxylic acids is 1. The number of aromatic nitrogens is 1. The average molecular weight is 180 g/mol. The van der Waals surface area contributed by atoms with E-state index in [1.54, 1.807) is 18.3 Å². The number of methoxy groups -OCH3 is 1. The molecular formula is C9H12N2O2. The van der Waals surface area contributed by atoms with Gasteiger partial charge in [0.25, 0.3) is 0 Å². The molecule has 0 aliphatic heterocycles. The quantitative estimate of drug-likeness (QED) is 0.682. The Morgan fingerprint density at radius 3 is 3.08 bits per heavy atom. The van der Waals surface area contributed by atoms with Crippen molar-refractivity contribution < 1.29 is 9.53 Å². The SMILES string of the molecule is COC(=O)c1cccnc1CCN. The lowest BCUT2D eigenvalue weighted by Crippen LogP contribution is -2.11. The largest absolute Gasteiger partial charge is 0.465 e. The highest BCUT2D eigenvalue weighted by molar-refractivity contribution is 5.90. The lowest BCUT2D eigenvalue weighted by atomic mass is 10.1. The second kappa shape index (κ2) is 4.57. The molecule has 1 aromatic heterocycles. The van der Waals surface area contributed by atoms with Crippen molar-refractivity contribution in [3.05, 3.63) is 29.6 Å². The van der Waals surface area contributed by atoms with Crippen molar-refractivity contribution in [2.24, 2.45) is 5.73 Å². The molecule has 70 valence electrons. The zero-order chi connectivity index (χ0) is 9.68. The number of rotatable bonds is 3. The van der Waals surface area contributed by atoms with E-state index in [2.05, 4.69) is 9.72 Å². The van der Waals surface area contributed by atoms with Gasteiger partial charge in [0, 0.05) is 12.6 Å². The van der Waals surface area contributed by atoms with E-state index in [4.69, 9.17) is 5.73 Å². The van der Waals surface area contributed by atoms with Gasteiger partial charge < -0.3 is 10.5 Å². The topological polar surface area (TPSA) is 65.2 Å². The van der Waals surface area contributed by atoms with Crippen LogP contribution in [0.4, 0.5) is 0 Å². The molecule has 0 bridgehead atoms. The predicted molar refractivity (Wildman–Crippen MR) is 48.3 cm³/mol. The van der Waals surface area contributed by atoms with Crippen molar-refractivity contribution in [2.75, 3.05) is 13.7 Å². The molecule has 4 nitrogen and oxygen atoms in total. The molecule has 0 radical (unpaired) electrons. The molecule has 0 aliphatic rings. The Morgan fingerprint density at radius 2 is 2.46 bits per heavy atom. The van der Waals surface area contributed by atoms with Gasteiger partial charge in [-0.2, -0.15) is 0 Å². The molecule has 4 heteroatoms. The maximum absolute atomic E-state index is 11.2. The number of hydrogen-bond acceptors (Lipinski definition) is 4. The summed E-state index contributed by atoms with van der Waals surface area (Å²) in [5, 5.41) is 0. The van der Waals surface area contributed by atoms with Crippen LogP contribution in [0.25, 0.3) is 0 Å². The van der Waals surface area contributed by atoms with Gasteiger partial charge >= 0.3 is 5.97 Å². The molecule has 2 N–H and O–H groups in total. The van der Waals surface area contributed by atoms with E-state index in [1.807, 2.05) is 0 Å². The van der Waals surface area contributed by atoms with E-state index in [-0.39, 0.29) is 5.97 Å². The molecule has 0 aromatic carbocycles. The molecule has 0 aliphatic carbocycles.